The van der Waals surface area contributed by atoms with Gasteiger partial charge in [0.25, 0.3) is 0 Å². The Morgan fingerprint density at radius 2 is 1.81 bits per heavy atom. The van der Waals surface area contributed by atoms with Crippen LogP contribution in [0.5, 0.6) is 5.75 Å². The zero-order valence-corrected chi connectivity index (χ0v) is 16.5. The second-order valence-electron chi connectivity index (χ2n) is 6.12. The highest BCUT2D eigenvalue weighted by Gasteiger charge is 2.14. The van der Waals surface area contributed by atoms with Crippen molar-refractivity contribution in [3.63, 3.8) is 0 Å². The molecular weight excluding hydrogens is 363 g/mol. The van der Waals surface area contributed by atoms with Gasteiger partial charge >= 0.3 is 0 Å². The van der Waals surface area contributed by atoms with Crippen molar-refractivity contribution in [3.8, 4) is 17.0 Å². The van der Waals surface area contributed by atoms with Gasteiger partial charge in [0.15, 0.2) is 4.80 Å². The van der Waals surface area contributed by atoms with Crippen molar-refractivity contribution in [3.05, 3.63) is 64.5 Å². The summed E-state index contributed by atoms with van der Waals surface area (Å²) in [5.41, 5.74) is 2.79. The summed E-state index contributed by atoms with van der Waals surface area (Å²) in [6.07, 6.45) is 0. The predicted octanol–water partition coefficient (Wildman–Crippen LogP) is 5.19. The number of halogens is 1. The minimum atomic E-state index is -0.246. The largest absolute Gasteiger partial charge is 0.494 e. The molecule has 0 aliphatic heterocycles. The van der Waals surface area contributed by atoms with E-state index >= 15 is 0 Å². The Morgan fingerprint density at radius 1 is 1.11 bits per heavy atom. The SMILES string of the molecule is CCOc1ccc(N=c2scc(-c3ccc(F)cc3)n2[C@@H](C)COC)cc1. The molecule has 1 heterocycles. The predicted molar refractivity (Wildman–Crippen MR) is 107 cm³/mol. The third-order valence-electron chi connectivity index (χ3n) is 4.10. The normalized spacial score (nSPS) is 13.0. The van der Waals surface area contributed by atoms with Crippen molar-refractivity contribution < 1.29 is 13.9 Å². The number of hydrogen-bond acceptors (Lipinski definition) is 4. The molecule has 27 heavy (non-hydrogen) atoms. The van der Waals surface area contributed by atoms with Crippen LogP contribution in [0.15, 0.2) is 58.9 Å². The Balaban J connectivity index is 2.05. The Labute approximate surface area is 162 Å². The molecule has 0 spiro atoms. The molecule has 142 valence electrons. The van der Waals surface area contributed by atoms with E-state index in [9.17, 15) is 4.39 Å². The number of hydrogen-bond donors (Lipinski definition) is 0. The summed E-state index contributed by atoms with van der Waals surface area (Å²) >= 11 is 1.55. The molecule has 0 aliphatic rings. The number of methoxy groups -OCH3 is 1. The van der Waals surface area contributed by atoms with E-state index in [4.69, 9.17) is 14.5 Å². The Kier molecular flexibility index (Phi) is 6.42. The maximum Gasteiger partial charge on any atom is 0.190 e. The summed E-state index contributed by atoms with van der Waals surface area (Å²) in [4.78, 5) is 5.67. The number of ether oxygens (including phenoxy) is 2. The highest BCUT2D eigenvalue weighted by molar-refractivity contribution is 7.07. The van der Waals surface area contributed by atoms with Gasteiger partial charge in [0, 0.05) is 12.5 Å². The van der Waals surface area contributed by atoms with Crippen LogP contribution in [0.25, 0.3) is 11.3 Å². The van der Waals surface area contributed by atoms with Crippen molar-refractivity contribution in [1.82, 2.24) is 4.57 Å². The molecule has 0 fully saturated rings. The second-order valence-corrected chi connectivity index (χ2v) is 6.96. The van der Waals surface area contributed by atoms with E-state index in [1.807, 2.05) is 36.6 Å². The molecule has 3 rings (SSSR count). The zero-order chi connectivity index (χ0) is 19.2. The van der Waals surface area contributed by atoms with Crippen LogP contribution < -0.4 is 9.54 Å². The molecule has 0 aliphatic carbocycles. The Morgan fingerprint density at radius 3 is 2.44 bits per heavy atom. The number of thiazole rings is 1. The maximum atomic E-state index is 13.3. The molecule has 3 aromatic rings. The van der Waals surface area contributed by atoms with Gasteiger partial charge in [-0.3, -0.25) is 0 Å². The molecule has 1 aromatic heterocycles. The van der Waals surface area contributed by atoms with Gasteiger partial charge in [-0.05, 0) is 67.9 Å². The molecule has 0 amide bonds. The first-order valence-corrected chi connectivity index (χ1v) is 9.72. The highest BCUT2D eigenvalue weighted by atomic mass is 32.1. The molecule has 2 aromatic carbocycles. The average Bonchev–Trinajstić information content (AvgIpc) is 3.08. The van der Waals surface area contributed by atoms with Crippen LogP contribution in [0.3, 0.4) is 0 Å². The Bertz CT molecular complexity index is 930. The summed E-state index contributed by atoms with van der Waals surface area (Å²) in [5.74, 6) is 0.583. The van der Waals surface area contributed by atoms with E-state index < -0.39 is 0 Å². The first-order chi connectivity index (χ1) is 13.1. The standard InChI is InChI=1S/C21H23FN2O2S/c1-4-26-19-11-9-18(10-12-19)23-21-24(15(2)13-25-3)20(14-27-21)16-5-7-17(22)8-6-16/h5-12,14-15H,4,13H2,1-3H3/t15-/m0/s1. The fourth-order valence-electron chi connectivity index (χ4n) is 2.87. The zero-order valence-electron chi connectivity index (χ0n) is 15.7. The quantitative estimate of drug-likeness (QED) is 0.560. The summed E-state index contributed by atoms with van der Waals surface area (Å²) in [7, 11) is 1.68. The first kappa shape index (κ1) is 19.3. The van der Waals surface area contributed by atoms with Crippen molar-refractivity contribution >= 4 is 17.0 Å². The monoisotopic (exact) mass is 386 g/mol. The third kappa shape index (κ3) is 4.64. The summed E-state index contributed by atoms with van der Waals surface area (Å²) in [6, 6.07) is 14.3. The van der Waals surface area contributed by atoms with Gasteiger partial charge in [0.05, 0.1) is 30.6 Å². The fraction of sp³-hybridized carbons (Fsp3) is 0.286. The summed E-state index contributed by atoms with van der Waals surface area (Å²) in [5, 5.41) is 2.05. The molecule has 0 saturated heterocycles. The molecule has 0 N–H and O–H groups in total. The second kappa shape index (κ2) is 8.97. The number of aromatic nitrogens is 1. The lowest BCUT2D eigenvalue weighted by atomic mass is 10.1. The smallest absolute Gasteiger partial charge is 0.190 e. The molecule has 0 saturated carbocycles. The highest BCUT2D eigenvalue weighted by Crippen LogP contribution is 2.25. The minimum absolute atomic E-state index is 0.0859. The van der Waals surface area contributed by atoms with Crippen molar-refractivity contribution in [2.45, 2.75) is 19.9 Å². The molecule has 6 heteroatoms. The maximum absolute atomic E-state index is 13.3. The summed E-state index contributed by atoms with van der Waals surface area (Å²) in [6.45, 7) is 5.24. The van der Waals surface area contributed by atoms with Crippen LogP contribution >= 0.6 is 11.3 Å². The van der Waals surface area contributed by atoms with E-state index in [1.54, 1.807) is 30.6 Å². The van der Waals surface area contributed by atoms with Crippen LogP contribution in [0.1, 0.15) is 19.9 Å². The van der Waals surface area contributed by atoms with Gasteiger partial charge in [-0.15, -0.1) is 11.3 Å². The lowest BCUT2D eigenvalue weighted by molar-refractivity contribution is 0.162. The summed E-state index contributed by atoms with van der Waals surface area (Å²) < 4.78 is 26.3. The van der Waals surface area contributed by atoms with E-state index in [0.29, 0.717) is 13.2 Å². The minimum Gasteiger partial charge on any atom is -0.494 e. The van der Waals surface area contributed by atoms with Gasteiger partial charge in [0.1, 0.15) is 11.6 Å². The van der Waals surface area contributed by atoms with Crippen LogP contribution in [0.2, 0.25) is 0 Å². The lowest BCUT2D eigenvalue weighted by Gasteiger charge is -2.16. The van der Waals surface area contributed by atoms with Gasteiger partial charge in [-0.2, -0.15) is 0 Å². The molecule has 0 unspecified atom stereocenters. The van der Waals surface area contributed by atoms with Gasteiger partial charge in [0.2, 0.25) is 0 Å². The van der Waals surface area contributed by atoms with Crippen LogP contribution in [0, 0.1) is 5.82 Å². The van der Waals surface area contributed by atoms with Crippen LogP contribution in [0.4, 0.5) is 10.1 Å². The van der Waals surface area contributed by atoms with Crippen LogP contribution in [-0.4, -0.2) is 24.9 Å². The molecule has 0 radical (unpaired) electrons. The van der Waals surface area contributed by atoms with Crippen molar-refractivity contribution in [1.29, 1.82) is 0 Å². The van der Waals surface area contributed by atoms with E-state index in [1.165, 1.54) is 12.1 Å². The van der Waals surface area contributed by atoms with Gasteiger partial charge < -0.3 is 14.0 Å². The molecular formula is C21H23FN2O2S. The van der Waals surface area contributed by atoms with Crippen molar-refractivity contribution in [2.75, 3.05) is 20.3 Å². The average molecular weight is 386 g/mol. The first-order valence-electron chi connectivity index (χ1n) is 8.85. The number of nitrogens with zero attached hydrogens (tertiary/aromatic N) is 2. The lowest BCUT2D eigenvalue weighted by Crippen LogP contribution is -2.22. The van der Waals surface area contributed by atoms with Crippen LogP contribution in [-0.2, 0) is 4.74 Å². The fourth-order valence-corrected chi connectivity index (χ4v) is 3.89. The number of rotatable bonds is 7. The van der Waals surface area contributed by atoms with Gasteiger partial charge in [-0.25, -0.2) is 9.38 Å². The topological polar surface area (TPSA) is 35.8 Å². The van der Waals surface area contributed by atoms with Gasteiger partial charge in [-0.1, -0.05) is 0 Å². The van der Waals surface area contributed by atoms with E-state index in [-0.39, 0.29) is 11.9 Å². The number of benzene rings is 2. The third-order valence-corrected chi connectivity index (χ3v) is 4.94. The molecule has 4 nitrogen and oxygen atoms in total. The van der Waals surface area contributed by atoms with Crippen molar-refractivity contribution in [2.24, 2.45) is 4.99 Å². The molecule has 0 bridgehead atoms. The Hall–Kier alpha value is -2.44. The van der Waals surface area contributed by atoms with E-state index in [2.05, 4.69) is 11.5 Å². The van der Waals surface area contributed by atoms with E-state index in [0.717, 1.165) is 27.5 Å². The molecule has 1 atom stereocenters.